The fourth-order valence-electron chi connectivity index (χ4n) is 2.97. The Hall–Kier alpha value is -2.26. The molecule has 3 heterocycles. The van der Waals surface area contributed by atoms with Gasteiger partial charge in [0.25, 0.3) is 5.91 Å². The first kappa shape index (κ1) is 17.2. The van der Waals surface area contributed by atoms with Gasteiger partial charge in [-0.05, 0) is 43.7 Å². The van der Waals surface area contributed by atoms with Gasteiger partial charge in [0.15, 0.2) is 0 Å². The van der Waals surface area contributed by atoms with Crippen molar-refractivity contribution in [3.63, 3.8) is 0 Å². The minimum absolute atomic E-state index is 0.186. The van der Waals surface area contributed by atoms with E-state index >= 15 is 0 Å². The number of carbonyl (C=O) groups excluding carboxylic acids is 1. The van der Waals surface area contributed by atoms with Crippen LogP contribution in [-0.2, 0) is 10.0 Å². The summed E-state index contributed by atoms with van der Waals surface area (Å²) in [4.78, 5) is 20.6. The number of rotatable bonds is 6. The van der Waals surface area contributed by atoms with Crippen LogP contribution >= 0.6 is 0 Å². The summed E-state index contributed by atoms with van der Waals surface area (Å²) in [6.07, 6.45) is 8.59. The van der Waals surface area contributed by atoms with E-state index in [-0.39, 0.29) is 10.8 Å². The van der Waals surface area contributed by atoms with Gasteiger partial charge in [0.2, 0.25) is 10.0 Å². The van der Waals surface area contributed by atoms with Crippen LogP contribution in [0.1, 0.15) is 36.2 Å². The standard InChI is InChI=1S/C17H21N5O3S/c23-17(19-9-13-3-4-13)15-11-21(12-20-15)16-6-5-14(10-18-16)26(24,25)22-7-1-2-8-22/h5-6,10-13H,1-4,7-9H2,(H,19,23). The number of carbonyl (C=O) groups is 1. The fraction of sp³-hybridized carbons (Fsp3) is 0.471. The van der Waals surface area contributed by atoms with Gasteiger partial charge < -0.3 is 5.32 Å². The summed E-state index contributed by atoms with van der Waals surface area (Å²) in [7, 11) is -3.47. The Morgan fingerprint density at radius 2 is 1.96 bits per heavy atom. The number of imidazole rings is 1. The summed E-state index contributed by atoms with van der Waals surface area (Å²) in [5, 5.41) is 2.87. The highest BCUT2D eigenvalue weighted by Crippen LogP contribution is 2.27. The molecular weight excluding hydrogens is 354 g/mol. The number of hydrogen-bond acceptors (Lipinski definition) is 5. The maximum Gasteiger partial charge on any atom is 0.271 e. The Morgan fingerprint density at radius 1 is 1.19 bits per heavy atom. The molecule has 0 atom stereocenters. The van der Waals surface area contributed by atoms with Gasteiger partial charge in [0.05, 0.1) is 0 Å². The topological polar surface area (TPSA) is 97.2 Å². The third kappa shape index (κ3) is 3.49. The van der Waals surface area contributed by atoms with Gasteiger partial charge in [-0.1, -0.05) is 0 Å². The van der Waals surface area contributed by atoms with E-state index in [0.29, 0.717) is 37.1 Å². The van der Waals surface area contributed by atoms with Crippen molar-refractivity contribution in [2.24, 2.45) is 5.92 Å². The summed E-state index contributed by atoms with van der Waals surface area (Å²) in [6, 6.07) is 3.17. The minimum atomic E-state index is -3.47. The first-order valence-electron chi connectivity index (χ1n) is 8.83. The molecule has 0 aromatic carbocycles. The summed E-state index contributed by atoms with van der Waals surface area (Å²) < 4.78 is 28.1. The second-order valence-corrected chi connectivity index (χ2v) is 8.72. The maximum atomic E-state index is 12.5. The lowest BCUT2D eigenvalue weighted by molar-refractivity contribution is 0.0947. The Balaban J connectivity index is 1.47. The smallest absolute Gasteiger partial charge is 0.271 e. The van der Waals surface area contributed by atoms with Crippen molar-refractivity contribution in [3.05, 3.63) is 36.5 Å². The van der Waals surface area contributed by atoms with Gasteiger partial charge >= 0.3 is 0 Å². The number of aromatic nitrogens is 3. The van der Waals surface area contributed by atoms with Crippen LogP contribution in [0.5, 0.6) is 0 Å². The van der Waals surface area contributed by atoms with E-state index in [9.17, 15) is 13.2 Å². The quantitative estimate of drug-likeness (QED) is 0.818. The molecular formula is C17H21N5O3S. The number of amides is 1. The molecule has 1 saturated carbocycles. The van der Waals surface area contributed by atoms with Gasteiger partial charge in [-0.2, -0.15) is 4.31 Å². The number of nitrogens with one attached hydrogen (secondary N) is 1. The van der Waals surface area contributed by atoms with E-state index in [1.54, 1.807) is 22.9 Å². The van der Waals surface area contributed by atoms with Crippen LogP contribution in [0.25, 0.3) is 5.82 Å². The van der Waals surface area contributed by atoms with E-state index in [4.69, 9.17) is 0 Å². The predicted molar refractivity (Wildman–Crippen MR) is 94.4 cm³/mol. The second kappa shape index (κ2) is 6.81. The highest BCUT2D eigenvalue weighted by atomic mass is 32.2. The summed E-state index contributed by atoms with van der Waals surface area (Å²) in [6.45, 7) is 1.81. The zero-order valence-corrected chi connectivity index (χ0v) is 15.2. The zero-order chi connectivity index (χ0) is 18.1. The third-order valence-electron chi connectivity index (χ3n) is 4.75. The normalized spacial score (nSPS) is 18.2. The monoisotopic (exact) mass is 375 g/mol. The molecule has 8 nitrogen and oxygen atoms in total. The SMILES string of the molecule is O=C(NCC1CC1)c1cn(-c2ccc(S(=O)(=O)N3CCCC3)cn2)cn1. The lowest BCUT2D eigenvalue weighted by atomic mass is 10.4. The Labute approximate surface area is 152 Å². The second-order valence-electron chi connectivity index (χ2n) is 6.78. The molecule has 138 valence electrons. The van der Waals surface area contributed by atoms with E-state index in [1.807, 2.05) is 0 Å². The van der Waals surface area contributed by atoms with Crippen molar-refractivity contribution in [2.45, 2.75) is 30.6 Å². The molecule has 4 rings (SSSR count). The van der Waals surface area contributed by atoms with Crippen molar-refractivity contribution in [3.8, 4) is 5.82 Å². The average Bonchev–Trinajstić information content (AvgIpc) is 3.13. The van der Waals surface area contributed by atoms with Gasteiger partial charge in [-0.15, -0.1) is 0 Å². The molecule has 1 aliphatic carbocycles. The molecule has 2 aromatic heterocycles. The van der Waals surface area contributed by atoms with Crippen LogP contribution in [0, 0.1) is 5.92 Å². The summed E-state index contributed by atoms with van der Waals surface area (Å²) in [5.41, 5.74) is 0.321. The number of sulfonamides is 1. The molecule has 2 aliphatic rings. The van der Waals surface area contributed by atoms with E-state index in [1.165, 1.54) is 29.7 Å². The zero-order valence-electron chi connectivity index (χ0n) is 14.3. The van der Waals surface area contributed by atoms with Gasteiger partial charge in [0, 0.05) is 32.0 Å². The molecule has 1 saturated heterocycles. The average molecular weight is 375 g/mol. The number of hydrogen-bond donors (Lipinski definition) is 1. The van der Waals surface area contributed by atoms with Gasteiger partial charge in [-0.3, -0.25) is 9.36 Å². The summed E-state index contributed by atoms with van der Waals surface area (Å²) >= 11 is 0. The third-order valence-corrected chi connectivity index (χ3v) is 6.63. The van der Waals surface area contributed by atoms with Gasteiger partial charge in [0.1, 0.15) is 22.7 Å². The van der Waals surface area contributed by atoms with E-state index in [2.05, 4.69) is 15.3 Å². The van der Waals surface area contributed by atoms with Crippen molar-refractivity contribution in [1.29, 1.82) is 0 Å². The van der Waals surface area contributed by atoms with Crippen LogP contribution in [0.15, 0.2) is 35.7 Å². The van der Waals surface area contributed by atoms with Crippen molar-refractivity contribution in [1.82, 2.24) is 24.2 Å². The molecule has 9 heteroatoms. The largest absolute Gasteiger partial charge is 0.350 e. The molecule has 0 radical (unpaired) electrons. The molecule has 0 unspecified atom stereocenters. The molecule has 26 heavy (non-hydrogen) atoms. The Kier molecular flexibility index (Phi) is 4.49. The minimum Gasteiger partial charge on any atom is -0.350 e. The molecule has 0 bridgehead atoms. The van der Waals surface area contributed by atoms with Crippen LogP contribution in [0.4, 0.5) is 0 Å². The van der Waals surface area contributed by atoms with E-state index in [0.717, 1.165) is 12.8 Å². The number of pyridine rings is 1. The van der Waals surface area contributed by atoms with Crippen molar-refractivity contribution in [2.75, 3.05) is 19.6 Å². The van der Waals surface area contributed by atoms with Crippen LogP contribution in [0.3, 0.4) is 0 Å². The Bertz CT molecular complexity index is 897. The van der Waals surface area contributed by atoms with Gasteiger partial charge in [-0.25, -0.2) is 18.4 Å². The predicted octanol–water partition coefficient (Wildman–Crippen LogP) is 1.19. The van der Waals surface area contributed by atoms with E-state index < -0.39 is 10.0 Å². The molecule has 0 spiro atoms. The molecule has 1 aliphatic heterocycles. The lowest BCUT2D eigenvalue weighted by Gasteiger charge is -2.15. The highest BCUT2D eigenvalue weighted by Gasteiger charge is 2.27. The Morgan fingerprint density at radius 3 is 2.62 bits per heavy atom. The highest BCUT2D eigenvalue weighted by molar-refractivity contribution is 7.89. The fourth-order valence-corrected chi connectivity index (χ4v) is 4.43. The van der Waals surface area contributed by atoms with Crippen LogP contribution in [-0.4, -0.2) is 52.8 Å². The molecule has 1 N–H and O–H groups in total. The first-order valence-corrected chi connectivity index (χ1v) is 10.3. The van der Waals surface area contributed by atoms with Crippen molar-refractivity contribution < 1.29 is 13.2 Å². The lowest BCUT2D eigenvalue weighted by Crippen LogP contribution is -2.27. The molecule has 1 amide bonds. The number of nitrogens with zero attached hydrogens (tertiary/aromatic N) is 4. The molecule has 2 aromatic rings. The van der Waals surface area contributed by atoms with Crippen LogP contribution < -0.4 is 5.32 Å². The first-order chi connectivity index (χ1) is 12.5. The summed E-state index contributed by atoms with van der Waals surface area (Å²) in [5.74, 6) is 0.913. The van der Waals surface area contributed by atoms with Crippen LogP contribution in [0.2, 0.25) is 0 Å². The maximum absolute atomic E-state index is 12.5. The van der Waals surface area contributed by atoms with Crippen molar-refractivity contribution >= 4 is 15.9 Å². The molecule has 2 fully saturated rings.